The van der Waals surface area contributed by atoms with Crippen LogP contribution in [0.5, 0.6) is 0 Å². The van der Waals surface area contributed by atoms with E-state index in [0.29, 0.717) is 10.6 Å². The monoisotopic (exact) mass is 229 g/mol. The molecule has 0 heterocycles. The normalized spacial score (nSPS) is 12.2. The van der Waals surface area contributed by atoms with Crippen LogP contribution in [0.3, 0.4) is 0 Å². The van der Waals surface area contributed by atoms with Crippen molar-refractivity contribution in [2.24, 2.45) is 5.84 Å². The molecule has 1 atom stereocenters. The number of anilines is 1. The molecule has 0 spiro atoms. The van der Waals surface area contributed by atoms with Crippen molar-refractivity contribution in [2.45, 2.75) is 17.1 Å². The van der Waals surface area contributed by atoms with Crippen molar-refractivity contribution in [1.82, 2.24) is 5.43 Å². The maximum absolute atomic E-state index is 12.9. The lowest BCUT2D eigenvalue weighted by molar-refractivity contribution is -0.120. The Kier molecular flexibility index (Phi) is 3.93. The number of hydrazine groups is 1. The second-order valence-electron chi connectivity index (χ2n) is 2.99. The first-order valence-electron chi connectivity index (χ1n) is 4.26. The molecule has 0 saturated heterocycles. The van der Waals surface area contributed by atoms with E-state index in [9.17, 15) is 9.18 Å². The molecule has 1 amide bonds. The van der Waals surface area contributed by atoms with Crippen molar-refractivity contribution in [2.75, 3.05) is 5.73 Å². The fourth-order valence-electron chi connectivity index (χ4n) is 1.03. The zero-order chi connectivity index (χ0) is 11.4. The molecule has 1 aromatic rings. The van der Waals surface area contributed by atoms with Crippen LogP contribution >= 0.6 is 11.8 Å². The Balaban J connectivity index is 2.76. The fourth-order valence-corrected chi connectivity index (χ4v) is 2.00. The third kappa shape index (κ3) is 3.41. The smallest absolute Gasteiger partial charge is 0.247 e. The van der Waals surface area contributed by atoms with Gasteiger partial charge < -0.3 is 5.73 Å². The first-order chi connectivity index (χ1) is 7.02. The largest absolute Gasteiger partial charge is 0.399 e. The van der Waals surface area contributed by atoms with E-state index in [4.69, 9.17) is 11.6 Å². The van der Waals surface area contributed by atoms with Crippen LogP contribution in [0.15, 0.2) is 23.1 Å². The summed E-state index contributed by atoms with van der Waals surface area (Å²) in [4.78, 5) is 11.7. The van der Waals surface area contributed by atoms with Crippen LogP contribution in [0.2, 0.25) is 0 Å². The average Bonchev–Trinajstić information content (AvgIpc) is 2.14. The maximum Gasteiger partial charge on any atom is 0.247 e. The molecule has 0 radical (unpaired) electrons. The number of hydrogen-bond donors (Lipinski definition) is 3. The topological polar surface area (TPSA) is 81.1 Å². The standard InChI is InChI=1S/C9H12FN3OS/c1-5(9(14)13-12)15-8-3-6(10)2-7(11)4-8/h2-5H,11-12H2,1H3,(H,13,14). The Morgan fingerprint density at radius 3 is 2.73 bits per heavy atom. The van der Waals surface area contributed by atoms with Gasteiger partial charge in [0.25, 0.3) is 0 Å². The SMILES string of the molecule is CC(Sc1cc(N)cc(F)c1)C(=O)NN. The minimum Gasteiger partial charge on any atom is -0.399 e. The van der Waals surface area contributed by atoms with Gasteiger partial charge in [-0.3, -0.25) is 10.2 Å². The number of nitrogen functional groups attached to an aromatic ring is 1. The number of nitrogens with one attached hydrogen (secondary N) is 1. The number of carbonyl (C=O) groups is 1. The third-order valence-electron chi connectivity index (χ3n) is 1.72. The van der Waals surface area contributed by atoms with E-state index >= 15 is 0 Å². The van der Waals surface area contributed by atoms with E-state index < -0.39 is 11.1 Å². The lowest BCUT2D eigenvalue weighted by Crippen LogP contribution is -2.36. The van der Waals surface area contributed by atoms with Crippen molar-refractivity contribution in [3.05, 3.63) is 24.0 Å². The van der Waals surface area contributed by atoms with Crippen LogP contribution in [0.4, 0.5) is 10.1 Å². The second-order valence-corrected chi connectivity index (χ2v) is 4.40. The number of rotatable bonds is 3. The van der Waals surface area contributed by atoms with E-state index in [-0.39, 0.29) is 5.91 Å². The molecule has 6 heteroatoms. The highest BCUT2D eigenvalue weighted by Crippen LogP contribution is 2.25. The highest BCUT2D eigenvalue weighted by atomic mass is 32.2. The van der Waals surface area contributed by atoms with Gasteiger partial charge in [-0.15, -0.1) is 11.8 Å². The Morgan fingerprint density at radius 2 is 2.20 bits per heavy atom. The summed E-state index contributed by atoms with van der Waals surface area (Å²) >= 11 is 1.19. The van der Waals surface area contributed by atoms with Crippen LogP contribution < -0.4 is 17.0 Å². The number of hydrogen-bond acceptors (Lipinski definition) is 4. The summed E-state index contributed by atoms with van der Waals surface area (Å²) in [6.45, 7) is 1.67. The van der Waals surface area contributed by atoms with Gasteiger partial charge in [-0.25, -0.2) is 10.2 Å². The molecule has 1 aromatic carbocycles. The van der Waals surface area contributed by atoms with Gasteiger partial charge in [0.15, 0.2) is 0 Å². The van der Waals surface area contributed by atoms with E-state index in [1.165, 1.54) is 23.9 Å². The van der Waals surface area contributed by atoms with Gasteiger partial charge in [-0.1, -0.05) is 0 Å². The Labute approximate surface area is 91.2 Å². The minimum absolute atomic E-state index is 0.317. The molecule has 1 rings (SSSR count). The van der Waals surface area contributed by atoms with Crippen LogP contribution in [0.25, 0.3) is 0 Å². The maximum atomic E-state index is 12.9. The summed E-state index contributed by atoms with van der Waals surface area (Å²) in [5.41, 5.74) is 7.83. The molecule has 4 nitrogen and oxygen atoms in total. The quantitative estimate of drug-likeness (QED) is 0.236. The van der Waals surface area contributed by atoms with E-state index in [1.807, 2.05) is 5.43 Å². The zero-order valence-corrected chi connectivity index (χ0v) is 8.98. The molecule has 0 fully saturated rings. The molecular weight excluding hydrogens is 217 g/mol. The van der Waals surface area contributed by atoms with E-state index in [0.717, 1.165) is 0 Å². The van der Waals surface area contributed by atoms with Crippen molar-refractivity contribution in [3.8, 4) is 0 Å². The molecule has 0 aliphatic heterocycles. The molecule has 1 unspecified atom stereocenters. The number of benzene rings is 1. The highest BCUT2D eigenvalue weighted by Gasteiger charge is 2.13. The molecular formula is C9H12FN3OS. The first kappa shape index (κ1) is 11.8. The van der Waals surface area contributed by atoms with Gasteiger partial charge in [0, 0.05) is 10.6 Å². The Morgan fingerprint density at radius 1 is 1.53 bits per heavy atom. The minimum atomic E-state index is -0.419. The van der Waals surface area contributed by atoms with Gasteiger partial charge >= 0.3 is 0 Å². The fraction of sp³-hybridized carbons (Fsp3) is 0.222. The molecule has 82 valence electrons. The van der Waals surface area contributed by atoms with E-state index in [1.54, 1.807) is 13.0 Å². The van der Waals surface area contributed by atoms with Gasteiger partial charge in [0.2, 0.25) is 5.91 Å². The number of nitrogens with two attached hydrogens (primary N) is 2. The molecule has 0 aliphatic rings. The number of thioether (sulfide) groups is 1. The molecule has 0 aromatic heterocycles. The van der Waals surface area contributed by atoms with E-state index in [2.05, 4.69) is 0 Å². The lowest BCUT2D eigenvalue weighted by atomic mass is 10.3. The van der Waals surface area contributed by atoms with Crippen LogP contribution in [-0.2, 0) is 4.79 Å². The Hall–Kier alpha value is -1.27. The van der Waals surface area contributed by atoms with Gasteiger partial charge in [0.05, 0.1) is 5.25 Å². The summed E-state index contributed by atoms with van der Waals surface area (Å²) in [5.74, 6) is 4.24. The highest BCUT2D eigenvalue weighted by molar-refractivity contribution is 8.00. The molecule has 15 heavy (non-hydrogen) atoms. The van der Waals surface area contributed by atoms with Gasteiger partial charge in [0.1, 0.15) is 5.82 Å². The summed E-state index contributed by atoms with van der Waals surface area (Å²) < 4.78 is 12.9. The third-order valence-corrected chi connectivity index (χ3v) is 2.79. The summed E-state index contributed by atoms with van der Waals surface area (Å²) in [6.07, 6.45) is 0. The molecule has 0 aliphatic carbocycles. The average molecular weight is 229 g/mol. The lowest BCUT2D eigenvalue weighted by Gasteiger charge is -2.09. The summed E-state index contributed by atoms with van der Waals surface area (Å²) in [7, 11) is 0. The van der Waals surface area contributed by atoms with Crippen molar-refractivity contribution < 1.29 is 9.18 Å². The number of amides is 1. The van der Waals surface area contributed by atoms with Crippen molar-refractivity contribution in [3.63, 3.8) is 0 Å². The van der Waals surface area contributed by atoms with Gasteiger partial charge in [-0.2, -0.15) is 0 Å². The zero-order valence-electron chi connectivity index (χ0n) is 8.16. The number of carbonyl (C=O) groups excluding carboxylic acids is 1. The number of halogens is 1. The van der Waals surface area contributed by atoms with Gasteiger partial charge in [-0.05, 0) is 25.1 Å². The summed E-state index contributed by atoms with van der Waals surface area (Å²) in [5, 5.41) is -0.392. The second kappa shape index (κ2) is 4.99. The molecule has 0 bridgehead atoms. The van der Waals surface area contributed by atoms with Crippen molar-refractivity contribution in [1.29, 1.82) is 0 Å². The van der Waals surface area contributed by atoms with Crippen LogP contribution in [0, 0.1) is 5.82 Å². The van der Waals surface area contributed by atoms with Crippen LogP contribution in [-0.4, -0.2) is 11.2 Å². The molecule has 5 N–H and O–H groups in total. The van der Waals surface area contributed by atoms with Crippen LogP contribution in [0.1, 0.15) is 6.92 Å². The van der Waals surface area contributed by atoms with Crippen molar-refractivity contribution >= 4 is 23.4 Å². The Bertz CT molecular complexity index is 352. The molecule has 0 saturated carbocycles. The predicted molar refractivity (Wildman–Crippen MR) is 58.5 cm³/mol. The summed E-state index contributed by atoms with van der Waals surface area (Å²) in [6, 6.07) is 4.15. The first-order valence-corrected chi connectivity index (χ1v) is 5.14. The predicted octanol–water partition coefficient (Wildman–Crippen LogP) is 0.878.